The van der Waals surface area contributed by atoms with Gasteiger partial charge in [-0.2, -0.15) is 0 Å². The summed E-state index contributed by atoms with van der Waals surface area (Å²) in [6.07, 6.45) is -0.491. The number of quaternary nitrogens is 1. The Hall–Kier alpha value is -2.57. The number of nitrogens with one attached hydrogen (secondary N) is 1. The molecule has 0 unspecified atom stereocenters. The highest BCUT2D eigenvalue weighted by molar-refractivity contribution is 5.79. The SMILES string of the molecule is CC(C)(C)OC(=O)C[C@@H](C[NH3+])NC(=O)OCC1c2ccccc2-c2ccccc21.[Cl-]. The largest absolute Gasteiger partial charge is 1.00 e. The van der Waals surface area contributed by atoms with Gasteiger partial charge in [-0.15, -0.1) is 0 Å². The fraction of sp³-hybridized carbons (Fsp3) is 0.391. The summed E-state index contributed by atoms with van der Waals surface area (Å²) < 4.78 is 10.8. The Labute approximate surface area is 183 Å². The van der Waals surface area contributed by atoms with Gasteiger partial charge in [0.2, 0.25) is 0 Å². The molecular weight excluding hydrogens is 404 g/mol. The summed E-state index contributed by atoms with van der Waals surface area (Å²) in [5.74, 6) is -0.373. The monoisotopic (exact) mass is 432 g/mol. The van der Waals surface area contributed by atoms with Crippen LogP contribution in [0.25, 0.3) is 11.1 Å². The van der Waals surface area contributed by atoms with Crippen LogP contribution >= 0.6 is 0 Å². The second kappa shape index (κ2) is 9.96. The number of amides is 1. The zero-order valence-corrected chi connectivity index (χ0v) is 18.4. The van der Waals surface area contributed by atoms with Crippen molar-refractivity contribution in [2.75, 3.05) is 13.2 Å². The summed E-state index contributed by atoms with van der Waals surface area (Å²) in [7, 11) is 0. The quantitative estimate of drug-likeness (QED) is 0.622. The van der Waals surface area contributed by atoms with E-state index in [9.17, 15) is 9.59 Å². The van der Waals surface area contributed by atoms with E-state index in [-0.39, 0.29) is 37.3 Å². The molecule has 0 radical (unpaired) electrons. The van der Waals surface area contributed by atoms with E-state index >= 15 is 0 Å². The maximum atomic E-state index is 12.3. The number of esters is 1. The zero-order chi connectivity index (χ0) is 21.0. The van der Waals surface area contributed by atoms with Crippen molar-refractivity contribution in [2.45, 2.75) is 44.8 Å². The van der Waals surface area contributed by atoms with Gasteiger partial charge in [0.25, 0.3) is 0 Å². The number of hydrogen-bond donors (Lipinski definition) is 2. The third-order valence-corrected chi connectivity index (χ3v) is 4.85. The molecule has 1 atom stereocenters. The molecule has 0 bridgehead atoms. The standard InChI is InChI=1S/C23H28N2O4.ClH/c1-23(2,3)29-21(26)12-15(13-24)25-22(27)28-14-20-18-10-6-4-8-16(18)17-9-5-7-11-19(17)20;/h4-11,15,20H,12-14,24H2,1-3H3,(H,25,27);1H/t15-;/m0./s1. The lowest BCUT2D eigenvalue weighted by atomic mass is 9.98. The van der Waals surface area contributed by atoms with Crippen LogP contribution in [0.4, 0.5) is 4.79 Å². The molecule has 0 spiro atoms. The summed E-state index contributed by atoms with van der Waals surface area (Å²) in [5, 5.41) is 2.73. The molecule has 0 aliphatic heterocycles. The van der Waals surface area contributed by atoms with E-state index in [1.165, 1.54) is 11.1 Å². The fourth-order valence-electron chi connectivity index (χ4n) is 3.62. The van der Waals surface area contributed by atoms with Gasteiger partial charge in [-0.05, 0) is 43.0 Å². The van der Waals surface area contributed by atoms with Crippen molar-refractivity contribution >= 4 is 12.1 Å². The fourth-order valence-corrected chi connectivity index (χ4v) is 3.62. The molecule has 6 nitrogen and oxygen atoms in total. The first-order valence-corrected chi connectivity index (χ1v) is 9.91. The molecule has 0 saturated heterocycles. The van der Waals surface area contributed by atoms with Crippen molar-refractivity contribution in [3.05, 3.63) is 59.7 Å². The maximum absolute atomic E-state index is 12.3. The first-order chi connectivity index (χ1) is 13.8. The van der Waals surface area contributed by atoms with Crippen LogP contribution in [0.3, 0.4) is 0 Å². The van der Waals surface area contributed by atoms with E-state index in [1.807, 2.05) is 45.0 Å². The minimum Gasteiger partial charge on any atom is -1.00 e. The van der Waals surface area contributed by atoms with Crippen molar-refractivity contribution < 1.29 is 37.2 Å². The van der Waals surface area contributed by atoms with Gasteiger partial charge >= 0.3 is 12.1 Å². The number of ether oxygens (including phenoxy) is 2. The second-order valence-corrected chi connectivity index (χ2v) is 8.25. The Morgan fingerprint density at radius 2 is 1.57 bits per heavy atom. The number of carbonyl (C=O) groups is 2. The highest BCUT2D eigenvalue weighted by atomic mass is 35.5. The van der Waals surface area contributed by atoms with Crippen LogP contribution in [0.1, 0.15) is 44.2 Å². The molecule has 30 heavy (non-hydrogen) atoms. The second-order valence-electron chi connectivity index (χ2n) is 8.25. The van der Waals surface area contributed by atoms with Gasteiger partial charge in [-0.25, -0.2) is 4.79 Å². The van der Waals surface area contributed by atoms with Crippen molar-refractivity contribution in [1.82, 2.24) is 5.32 Å². The van der Waals surface area contributed by atoms with Crippen molar-refractivity contribution in [1.29, 1.82) is 0 Å². The van der Waals surface area contributed by atoms with E-state index < -0.39 is 17.7 Å². The van der Waals surface area contributed by atoms with Crippen LogP contribution in [0.5, 0.6) is 0 Å². The Bertz CT molecular complexity index is 849. The zero-order valence-electron chi connectivity index (χ0n) is 17.6. The van der Waals surface area contributed by atoms with Crippen LogP contribution in [-0.4, -0.2) is 36.9 Å². The van der Waals surface area contributed by atoms with E-state index in [2.05, 4.69) is 35.3 Å². The average molecular weight is 433 g/mol. The first kappa shape index (κ1) is 23.7. The van der Waals surface area contributed by atoms with Gasteiger partial charge in [0.05, 0.1) is 19.0 Å². The molecule has 4 N–H and O–H groups in total. The Kier molecular flexibility index (Phi) is 7.87. The topological polar surface area (TPSA) is 92.3 Å². The van der Waals surface area contributed by atoms with Crippen molar-refractivity contribution in [2.24, 2.45) is 0 Å². The smallest absolute Gasteiger partial charge is 0.407 e. The summed E-state index contributed by atoms with van der Waals surface area (Å²) in [6, 6.07) is 15.9. The Balaban J connectivity index is 0.00000320. The lowest BCUT2D eigenvalue weighted by Crippen LogP contribution is -3.00. The number of rotatable bonds is 6. The highest BCUT2D eigenvalue weighted by Crippen LogP contribution is 2.44. The van der Waals surface area contributed by atoms with Crippen molar-refractivity contribution in [3.63, 3.8) is 0 Å². The normalized spacial score (nSPS) is 13.5. The number of halogens is 1. The van der Waals surface area contributed by atoms with Crippen LogP contribution in [0.2, 0.25) is 0 Å². The minimum absolute atomic E-state index is 0. The summed E-state index contributed by atoms with van der Waals surface area (Å²) in [6.45, 7) is 6.02. The molecule has 0 saturated carbocycles. The van der Waals surface area contributed by atoms with E-state index in [0.717, 1.165) is 11.1 Å². The van der Waals surface area contributed by atoms with Crippen LogP contribution < -0.4 is 23.5 Å². The van der Waals surface area contributed by atoms with Crippen molar-refractivity contribution in [3.8, 4) is 11.1 Å². The molecule has 0 fully saturated rings. The molecule has 2 aromatic carbocycles. The average Bonchev–Trinajstić information content (AvgIpc) is 2.98. The molecule has 162 valence electrons. The van der Waals surface area contributed by atoms with E-state index in [1.54, 1.807) is 0 Å². The van der Waals surface area contributed by atoms with Crippen LogP contribution in [-0.2, 0) is 14.3 Å². The lowest BCUT2D eigenvalue weighted by Gasteiger charge is -2.22. The number of alkyl carbamates (subject to hydrolysis) is 1. The van der Waals surface area contributed by atoms with E-state index in [0.29, 0.717) is 6.54 Å². The Morgan fingerprint density at radius 1 is 1.03 bits per heavy atom. The predicted octanol–water partition coefficient (Wildman–Crippen LogP) is -0.129. The number of carbonyl (C=O) groups excluding carboxylic acids is 2. The van der Waals surface area contributed by atoms with Gasteiger partial charge < -0.3 is 32.9 Å². The van der Waals surface area contributed by atoms with Gasteiger partial charge in [0, 0.05) is 5.92 Å². The van der Waals surface area contributed by atoms with Gasteiger partial charge in [0.1, 0.15) is 12.2 Å². The summed E-state index contributed by atoms with van der Waals surface area (Å²) >= 11 is 0. The van der Waals surface area contributed by atoms with Gasteiger partial charge in [0.15, 0.2) is 0 Å². The highest BCUT2D eigenvalue weighted by Gasteiger charge is 2.29. The number of hydrogen-bond acceptors (Lipinski definition) is 4. The van der Waals surface area contributed by atoms with Crippen LogP contribution in [0, 0.1) is 0 Å². The molecule has 0 heterocycles. The molecule has 2 aromatic rings. The number of fused-ring (bicyclic) bond motifs is 3. The molecule has 0 aromatic heterocycles. The predicted molar refractivity (Wildman–Crippen MR) is 110 cm³/mol. The summed E-state index contributed by atoms with van der Waals surface area (Å²) in [4.78, 5) is 24.4. The van der Waals surface area contributed by atoms with E-state index in [4.69, 9.17) is 9.47 Å². The minimum atomic E-state index is -0.563. The van der Waals surface area contributed by atoms with Gasteiger partial charge in [-0.1, -0.05) is 48.5 Å². The third-order valence-electron chi connectivity index (χ3n) is 4.85. The summed E-state index contributed by atoms with van der Waals surface area (Å²) in [5.41, 5.74) is 7.91. The Morgan fingerprint density at radius 3 is 2.07 bits per heavy atom. The molecule has 1 aliphatic carbocycles. The third kappa shape index (κ3) is 5.74. The lowest BCUT2D eigenvalue weighted by molar-refractivity contribution is -0.372. The first-order valence-electron chi connectivity index (χ1n) is 9.91. The molecule has 7 heteroatoms. The van der Waals surface area contributed by atoms with Gasteiger partial charge in [-0.3, -0.25) is 4.79 Å². The maximum Gasteiger partial charge on any atom is 0.407 e. The molecule has 1 aliphatic rings. The molecular formula is C23H29ClN2O4. The van der Waals surface area contributed by atoms with Crippen LogP contribution in [0.15, 0.2) is 48.5 Å². The molecule has 3 rings (SSSR count). The number of benzene rings is 2. The molecule has 1 amide bonds.